The Morgan fingerprint density at radius 1 is 0.971 bits per heavy atom. The van der Waals surface area contributed by atoms with E-state index in [9.17, 15) is 4.79 Å². The van der Waals surface area contributed by atoms with Crippen LogP contribution in [0.3, 0.4) is 0 Å². The van der Waals surface area contributed by atoms with Crippen LogP contribution in [0, 0.1) is 0 Å². The van der Waals surface area contributed by atoms with Crippen LogP contribution in [0.2, 0.25) is 0 Å². The highest BCUT2D eigenvalue weighted by molar-refractivity contribution is 5.80. The number of pyridine rings is 1. The molecule has 1 saturated heterocycles. The van der Waals surface area contributed by atoms with Crippen molar-refractivity contribution < 1.29 is 0 Å². The summed E-state index contributed by atoms with van der Waals surface area (Å²) in [7, 11) is 0. The molecule has 0 radical (unpaired) electrons. The predicted molar refractivity (Wildman–Crippen MR) is 133 cm³/mol. The molecular formula is C26H31N7O. The summed E-state index contributed by atoms with van der Waals surface area (Å²) >= 11 is 0. The van der Waals surface area contributed by atoms with E-state index < -0.39 is 0 Å². The van der Waals surface area contributed by atoms with Crippen molar-refractivity contribution in [1.29, 1.82) is 0 Å². The van der Waals surface area contributed by atoms with Gasteiger partial charge in [0.05, 0.1) is 6.54 Å². The van der Waals surface area contributed by atoms with E-state index in [1.54, 1.807) is 0 Å². The molecule has 8 nitrogen and oxygen atoms in total. The van der Waals surface area contributed by atoms with E-state index in [4.69, 9.17) is 0 Å². The minimum Gasteiger partial charge on any atom is -0.322 e. The van der Waals surface area contributed by atoms with Gasteiger partial charge in [-0.05, 0) is 58.1 Å². The van der Waals surface area contributed by atoms with Crippen LogP contribution >= 0.6 is 0 Å². The first kappa shape index (κ1) is 22.4. The third-order valence-electron chi connectivity index (χ3n) is 6.84. The zero-order valence-electron chi connectivity index (χ0n) is 19.8. The van der Waals surface area contributed by atoms with Gasteiger partial charge in [0.25, 0.3) is 5.56 Å². The number of hydrogen-bond donors (Lipinski definition) is 1. The van der Waals surface area contributed by atoms with Crippen LogP contribution in [-0.4, -0.2) is 67.7 Å². The number of likely N-dealkylation sites (N-methyl/N-ethyl adjacent to an activating group) is 1. The van der Waals surface area contributed by atoms with Gasteiger partial charge in [-0.15, -0.1) is 5.10 Å². The number of nitrogens with one attached hydrogen (secondary N) is 1. The number of rotatable bonds is 7. The lowest BCUT2D eigenvalue weighted by Crippen LogP contribution is -2.49. The number of hydrogen-bond acceptors (Lipinski definition) is 6. The topological polar surface area (TPSA) is 82.9 Å². The number of aromatic nitrogens is 5. The number of tetrazole rings is 1. The van der Waals surface area contributed by atoms with E-state index >= 15 is 0 Å². The highest BCUT2D eigenvalue weighted by Crippen LogP contribution is 2.28. The zero-order chi connectivity index (χ0) is 23.5. The third-order valence-corrected chi connectivity index (χ3v) is 6.84. The van der Waals surface area contributed by atoms with Crippen molar-refractivity contribution >= 4 is 10.9 Å². The van der Waals surface area contributed by atoms with Gasteiger partial charge >= 0.3 is 0 Å². The van der Waals surface area contributed by atoms with Crippen LogP contribution in [0.4, 0.5) is 0 Å². The SMILES string of the molecule is CCc1ccc2[nH]c(=O)c([C@@H](c3nnnn3Cc3ccccc3)N3CCN(CC)CC3)cc2c1. The molecule has 8 heteroatoms. The van der Waals surface area contributed by atoms with Crippen LogP contribution in [-0.2, 0) is 13.0 Å². The van der Waals surface area contributed by atoms with E-state index in [0.717, 1.165) is 55.6 Å². The Morgan fingerprint density at radius 3 is 2.50 bits per heavy atom. The van der Waals surface area contributed by atoms with Crippen LogP contribution in [0.15, 0.2) is 59.4 Å². The molecule has 0 spiro atoms. The Kier molecular flexibility index (Phi) is 6.51. The van der Waals surface area contributed by atoms with E-state index in [1.165, 1.54) is 5.56 Å². The van der Waals surface area contributed by atoms with Crippen molar-refractivity contribution in [2.45, 2.75) is 32.9 Å². The molecule has 5 rings (SSSR count). The van der Waals surface area contributed by atoms with E-state index in [-0.39, 0.29) is 11.6 Å². The Bertz CT molecular complexity index is 1310. The molecular weight excluding hydrogens is 426 g/mol. The Labute approximate surface area is 199 Å². The molecule has 3 heterocycles. The fourth-order valence-electron chi connectivity index (χ4n) is 4.81. The van der Waals surface area contributed by atoms with Crippen molar-refractivity contribution in [3.8, 4) is 0 Å². The number of aryl methyl sites for hydroxylation is 1. The lowest BCUT2D eigenvalue weighted by atomic mass is 10.0. The normalized spacial score (nSPS) is 16.2. The van der Waals surface area contributed by atoms with Crippen LogP contribution in [0.25, 0.3) is 10.9 Å². The van der Waals surface area contributed by atoms with Gasteiger partial charge in [0.2, 0.25) is 0 Å². The van der Waals surface area contributed by atoms with Crippen LogP contribution in [0.1, 0.15) is 42.4 Å². The summed E-state index contributed by atoms with van der Waals surface area (Å²) in [4.78, 5) is 21.3. The van der Waals surface area contributed by atoms with Gasteiger partial charge in [-0.3, -0.25) is 9.69 Å². The Morgan fingerprint density at radius 2 is 1.76 bits per heavy atom. The minimum atomic E-state index is -0.323. The Hall–Kier alpha value is -3.36. The molecule has 1 fully saturated rings. The van der Waals surface area contributed by atoms with E-state index in [2.05, 4.69) is 68.4 Å². The summed E-state index contributed by atoms with van der Waals surface area (Å²) in [5, 5.41) is 13.8. The lowest BCUT2D eigenvalue weighted by molar-refractivity contribution is 0.108. The summed E-state index contributed by atoms with van der Waals surface area (Å²) in [6, 6.07) is 18.1. The first-order chi connectivity index (χ1) is 16.7. The van der Waals surface area contributed by atoms with Gasteiger partial charge in [-0.2, -0.15) is 0 Å². The number of aromatic amines is 1. The highest BCUT2D eigenvalue weighted by atomic mass is 16.1. The molecule has 0 bridgehead atoms. The number of H-pyrrole nitrogens is 1. The second-order valence-corrected chi connectivity index (χ2v) is 8.88. The average Bonchev–Trinajstić information content (AvgIpc) is 3.32. The van der Waals surface area contributed by atoms with E-state index in [1.807, 2.05) is 35.0 Å². The molecule has 1 aliphatic heterocycles. The van der Waals surface area contributed by atoms with Gasteiger partial charge in [-0.25, -0.2) is 4.68 Å². The van der Waals surface area contributed by atoms with Crippen LogP contribution in [0.5, 0.6) is 0 Å². The van der Waals surface area contributed by atoms with Crippen molar-refractivity contribution in [1.82, 2.24) is 35.0 Å². The monoisotopic (exact) mass is 457 g/mol. The van der Waals surface area contributed by atoms with Crippen molar-refractivity contribution in [3.63, 3.8) is 0 Å². The largest absolute Gasteiger partial charge is 0.322 e. The van der Waals surface area contributed by atoms with Crippen molar-refractivity contribution in [2.75, 3.05) is 32.7 Å². The van der Waals surface area contributed by atoms with Crippen molar-refractivity contribution in [2.24, 2.45) is 0 Å². The van der Waals surface area contributed by atoms with Gasteiger partial charge in [-0.1, -0.05) is 50.2 Å². The molecule has 1 N–H and O–H groups in total. The fraction of sp³-hybridized carbons (Fsp3) is 0.385. The maximum absolute atomic E-state index is 13.4. The third kappa shape index (κ3) is 4.51. The quantitative estimate of drug-likeness (QED) is 0.460. The Balaban J connectivity index is 1.60. The van der Waals surface area contributed by atoms with E-state index in [0.29, 0.717) is 17.9 Å². The molecule has 0 saturated carbocycles. The summed E-state index contributed by atoms with van der Waals surface area (Å²) in [5.74, 6) is 0.699. The summed E-state index contributed by atoms with van der Waals surface area (Å²) in [6.45, 7) is 9.53. The highest BCUT2D eigenvalue weighted by Gasteiger charge is 2.32. The van der Waals surface area contributed by atoms with Crippen molar-refractivity contribution in [3.05, 3.63) is 87.5 Å². The smallest absolute Gasteiger partial charge is 0.253 e. The summed E-state index contributed by atoms with van der Waals surface area (Å²) in [6.07, 6.45) is 0.947. The second-order valence-electron chi connectivity index (χ2n) is 8.88. The number of benzene rings is 2. The molecule has 2 aromatic heterocycles. The first-order valence-electron chi connectivity index (χ1n) is 12.1. The maximum Gasteiger partial charge on any atom is 0.253 e. The molecule has 2 aromatic carbocycles. The number of fused-ring (bicyclic) bond motifs is 1. The fourth-order valence-corrected chi connectivity index (χ4v) is 4.81. The van der Waals surface area contributed by atoms with Gasteiger partial charge in [0, 0.05) is 37.3 Å². The molecule has 176 valence electrons. The molecule has 1 atom stereocenters. The van der Waals surface area contributed by atoms with Gasteiger partial charge < -0.3 is 9.88 Å². The molecule has 1 aliphatic rings. The average molecular weight is 458 g/mol. The molecule has 0 amide bonds. The minimum absolute atomic E-state index is 0.0890. The standard InChI is InChI=1S/C26H31N7O/c1-3-19-10-11-23-21(16-19)17-22(26(34)27-23)24(32-14-12-31(4-2)13-15-32)25-28-29-30-33(25)18-20-8-6-5-7-9-20/h5-11,16-17,24H,3-4,12-15,18H2,1-2H3,(H,27,34)/t24-/m0/s1. The first-order valence-corrected chi connectivity index (χ1v) is 12.1. The zero-order valence-corrected chi connectivity index (χ0v) is 19.8. The number of piperazine rings is 1. The summed E-state index contributed by atoms with van der Waals surface area (Å²) in [5.41, 5.74) is 3.81. The lowest BCUT2D eigenvalue weighted by Gasteiger charge is -2.38. The van der Waals surface area contributed by atoms with Gasteiger partial charge in [0.15, 0.2) is 5.82 Å². The van der Waals surface area contributed by atoms with Crippen LogP contribution < -0.4 is 5.56 Å². The molecule has 34 heavy (non-hydrogen) atoms. The molecule has 0 aliphatic carbocycles. The predicted octanol–water partition coefficient (Wildman–Crippen LogP) is 2.85. The molecule has 4 aromatic rings. The second kappa shape index (κ2) is 9.87. The molecule has 0 unspecified atom stereocenters. The maximum atomic E-state index is 13.4. The summed E-state index contributed by atoms with van der Waals surface area (Å²) < 4.78 is 1.83. The van der Waals surface area contributed by atoms with Gasteiger partial charge in [0.1, 0.15) is 6.04 Å². The number of nitrogens with zero attached hydrogens (tertiary/aromatic N) is 6.